The zero-order valence-electron chi connectivity index (χ0n) is 11.6. The highest BCUT2D eigenvalue weighted by Gasteiger charge is 2.28. The van der Waals surface area contributed by atoms with Crippen LogP contribution < -0.4 is 5.32 Å². The third-order valence-corrected chi connectivity index (χ3v) is 4.43. The van der Waals surface area contributed by atoms with Gasteiger partial charge in [0, 0.05) is 6.26 Å². The van der Waals surface area contributed by atoms with E-state index in [-0.39, 0.29) is 10.9 Å². The van der Waals surface area contributed by atoms with Crippen LogP contribution in [0.15, 0.2) is 23.1 Å². The lowest BCUT2D eigenvalue weighted by molar-refractivity contribution is -0.247. The molecule has 0 amide bonds. The van der Waals surface area contributed by atoms with Gasteiger partial charge >= 0.3 is 0 Å². The lowest BCUT2D eigenvalue weighted by Crippen LogP contribution is -2.45. The molecule has 5 nitrogen and oxygen atoms in total. The average molecular weight is 320 g/mol. The second-order valence-corrected chi connectivity index (χ2v) is 7.70. The van der Waals surface area contributed by atoms with E-state index in [9.17, 15) is 8.42 Å². The fourth-order valence-electron chi connectivity index (χ4n) is 1.84. The molecule has 0 bridgehead atoms. The van der Waals surface area contributed by atoms with Gasteiger partial charge < -0.3 is 14.8 Å². The molecule has 0 radical (unpaired) electrons. The van der Waals surface area contributed by atoms with Crippen LogP contribution in [0.5, 0.6) is 0 Å². The molecule has 20 heavy (non-hydrogen) atoms. The molecule has 0 unspecified atom stereocenters. The molecule has 0 spiro atoms. The van der Waals surface area contributed by atoms with E-state index in [1.54, 1.807) is 6.07 Å². The summed E-state index contributed by atoms with van der Waals surface area (Å²) in [6.07, 6.45) is 1.16. The summed E-state index contributed by atoms with van der Waals surface area (Å²) in [5.41, 5.74) is 0.562. The zero-order chi connectivity index (χ0) is 15.0. The summed E-state index contributed by atoms with van der Waals surface area (Å²) in [4.78, 5) is 0.224. The molecular weight excluding hydrogens is 302 g/mol. The smallest absolute Gasteiger partial charge is 0.175 e. The lowest BCUT2D eigenvalue weighted by Gasteiger charge is -2.35. The third kappa shape index (κ3) is 3.85. The highest BCUT2D eigenvalue weighted by molar-refractivity contribution is 7.90. The Morgan fingerprint density at radius 3 is 2.45 bits per heavy atom. The maximum Gasteiger partial charge on any atom is 0.175 e. The lowest BCUT2D eigenvalue weighted by atomic mass is 10.2. The van der Waals surface area contributed by atoms with Crippen LogP contribution in [0, 0.1) is 0 Å². The second-order valence-electron chi connectivity index (χ2n) is 5.28. The molecular formula is C13H18ClNO4S. The van der Waals surface area contributed by atoms with Crippen molar-refractivity contribution in [2.24, 2.45) is 0 Å². The van der Waals surface area contributed by atoms with Crippen molar-refractivity contribution in [1.82, 2.24) is 0 Å². The van der Waals surface area contributed by atoms with Crippen molar-refractivity contribution >= 4 is 27.1 Å². The van der Waals surface area contributed by atoms with E-state index in [1.165, 1.54) is 12.1 Å². The molecule has 1 heterocycles. The Bertz CT molecular complexity index is 590. The van der Waals surface area contributed by atoms with Crippen LogP contribution in [0.25, 0.3) is 0 Å². The van der Waals surface area contributed by atoms with Crippen LogP contribution in [0.4, 0.5) is 5.69 Å². The minimum atomic E-state index is -3.26. The molecule has 0 aromatic heterocycles. The predicted octanol–water partition coefficient (Wildman–Crippen LogP) is 2.31. The number of halogens is 1. The molecule has 1 aliphatic rings. The average Bonchev–Trinajstić information content (AvgIpc) is 2.33. The van der Waals surface area contributed by atoms with Gasteiger partial charge in [0.2, 0.25) is 0 Å². The van der Waals surface area contributed by atoms with Gasteiger partial charge in [0.1, 0.15) is 0 Å². The van der Waals surface area contributed by atoms with Gasteiger partial charge in [-0.2, -0.15) is 0 Å². The maximum atomic E-state index is 11.6. The number of hydrogen-bond acceptors (Lipinski definition) is 5. The minimum Gasteiger partial charge on any atom is -0.376 e. The number of nitrogens with one attached hydrogen (secondary N) is 1. The SMILES string of the molecule is CC1(C)OCC(Nc2cc(S(C)(=O)=O)ccc2Cl)CO1. The summed E-state index contributed by atoms with van der Waals surface area (Å²) < 4.78 is 34.2. The Morgan fingerprint density at radius 2 is 1.90 bits per heavy atom. The number of hydrogen-bond donors (Lipinski definition) is 1. The summed E-state index contributed by atoms with van der Waals surface area (Å²) in [7, 11) is -3.26. The summed E-state index contributed by atoms with van der Waals surface area (Å²) >= 11 is 6.08. The summed E-state index contributed by atoms with van der Waals surface area (Å²) in [5.74, 6) is -0.587. The minimum absolute atomic E-state index is 0.0738. The molecule has 1 aromatic carbocycles. The van der Waals surface area contributed by atoms with E-state index in [1.807, 2.05) is 13.8 Å². The molecule has 0 aliphatic carbocycles. The number of sulfone groups is 1. The molecule has 1 fully saturated rings. The van der Waals surface area contributed by atoms with Gasteiger partial charge in [-0.3, -0.25) is 0 Å². The van der Waals surface area contributed by atoms with E-state index in [4.69, 9.17) is 21.1 Å². The van der Waals surface area contributed by atoms with Crippen LogP contribution in [0.1, 0.15) is 13.8 Å². The third-order valence-electron chi connectivity index (χ3n) is 2.99. The van der Waals surface area contributed by atoms with E-state index in [2.05, 4.69) is 5.32 Å². The van der Waals surface area contributed by atoms with E-state index < -0.39 is 15.6 Å². The van der Waals surface area contributed by atoms with E-state index in [0.717, 1.165) is 6.26 Å². The topological polar surface area (TPSA) is 64.6 Å². The van der Waals surface area contributed by atoms with Crippen molar-refractivity contribution in [3.63, 3.8) is 0 Å². The normalized spacial score (nSPS) is 19.8. The Hall–Kier alpha value is -0.820. The molecule has 0 atom stereocenters. The fourth-order valence-corrected chi connectivity index (χ4v) is 2.66. The van der Waals surface area contributed by atoms with Crippen LogP contribution in [-0.2, 0) is 19.3 Å². The van der Waals surface area contributed by atoms with Gasteiger partial charge in [0.15, 0.2) is 15.6 Å². The van der Waals surface area contributed by atoms with E-state index >= 15 is 0 Å². The van der Waals surface area contributed by atoms with Gasteiger partial charge in [0.05, 0.1) is 34.9 Å². The first-order valence-electron chi connectivity index (χ1n) is 6.21. The Balaban J connectivity index is 2.14. The largest absolute Gasteiger partial charge is 0.376 e. The van der Waals surface area contributed by atoms with Gasteiger partial charge in [-0.1, -0.05) is 11.6 Å². The van der Waals surface area contributed by atoms with Crippen molar-refractivity contribution in [3.8, 4) is 0 Å². The molecule has 1 N–H and O–H groups in total. The summed E-state index contributed by atoms with van der Waals surface area (Å²) in [5, 5.41) is 3.61. The van der Waals surface area contributed by atoms with Crippen LogP contribution in [0.2, 0.25) is 5.02 Å². The fraction of sp³-hybridized carbons (Fsp3) is 0.538. The quantitative estimate of drug-likeness (QED) is 0.926. The summed E-state index contributed by atoms with van der Waals surface area (Å²) in [6, 6.07) is 4.50. The summed E-state index contributed by atoms with van der Waals surface area (Å²) in [6.45, 7) is 4.62. The van der Waals surface area contributed by atoms with Gasteiger partial charge in [0.25, 0.3) is 0 Å². The molecule has 1 saturated heterocycles. The van der Waals surface area contributed by atoms with Crippen LogP contribution in [0.3, 0.4) is 0 Å². The van der Waals surface area contributed by atoms with Crippen molar-refractivity contribution in [3.05, 3.63) is 23.2 Å². The number of benzene rings is 1. The van der Waals surface area contributed by atoms with Crippen molar-refractivity contribution < 1.29 is 17.9 Å². The molecule has 2 rings (SSSR count). The second kappa shape index (κ2) is 5.52. The van der Waals surface area contributed by atoms with E-state index in [0.29, 0.717) is 23.9 Å². The first kappa shape index (κ1) is 15.6. The van der Waals surface area contributed by atoms with Gasteiger partial charge in [-0.15, -0.1) is 0 Å². The van der Waals surface area contributed by atoms with Crippen molar-refractivity contribution in [1.29, 1.82) is 0 Å². The Morgan fingerprint density at radius 1 is 1.30 bits per heavy atom. The Labute approximate surface area is 124 Å². The molecule has 1 aromatic rings. The number of ether oxygens (including phenoxy) is 2. The highest BCUT2D eigenvalue weighted by atomic mass is 35.5. The van der Waals surface area contributed by atoms with Gasteiger partial charge in [-0.25, -0.2) is 8.42 Å². The first-order valence-corrected chi connectivity index (χ1v) is 8.48. The number of anilines is 1. The van der Waals surface area contributed by atoms with Crippen LogP contribution in [-0.4, -0.2) is 39.7 Å². The van der Waals surface area contributed by atoms with Crippen LogP contribution >= 0.6 is 11.6 Å². The molecule has 112 valence electrons. The standard InChI is InChI=1S/C13H18ClNO4S/c1-13(2)18-7-9(8-19-13)15-12-6-10(20(3,16)17)4-5-11(12)14/h4-6,9,15H,7-8H2,1-3H3. The van der Waals surface area contributed by atoms with Crippen molar-refractivity contribution in [2.45, 2.75) is 30.6 Å². The van der Waals surface area contributed by atoms with Crippen molar-refractivity contribution in [2.75, 3.05) is 24.8 Å². The van der Waals surface area contributed by atoms with Gasteiger partial charge in [-0.05, 0) is 32.0 Å². The molecule has 1 aliphatic heterocycles. The predicted molar refractivity (Wildman–Crippen MR) is 78.0 cm³/mol. The molecule has 7 heteroatoms. The highest BCUT2D eigenvalue weighted by Crippen LogP contribution is 2.27. The maximum absolute atomic E-state index is 11.6. The monoisotopic (exact) mass is 319 g/mol. The number of rotatable bonds is 3. The first-order chi connectivity index (χ1) is 9.17. The zero-order valence-corrected chi connectivity index (χ0v) is 13.2. The Kier molecular flexibility index (Phi) is 4.30. The molecule has 0 saturated carbocycles.